The van der Waals surface area contributed by atoms with Crippen molar-refractivity contribution in [3.8, 4) is 0 Å². The number of hydrogen-bond donors (Lipinski definition) is 2. The van der Waals surface area contributed by atoms with Gasteiger partial charge in [0.25, 0.3) is 15.9 Å². The van der Waals surface area contributed by atoms with Crippen molar-refractivity contribution in [2.75, 3.05) is 11.3 Å². The van der Waals surface area contributed by atoms with Gasteiger partial charge in [-0.05, 0) is 72.6 Å². The topological polar surface area (TPSA) is 75.3 Å². The van der Waals surface area contributed by atoms with E-state index in [0.29, 0.717) is 29.2 Å². The molecule has 0 heterocycles. The predicted molar refractivity (Wildman–Crippen MR) is 111 cm³/mol. The average Bonchev–Trinajstić information content (AvgIpc) is 2.71. The molecule has 0 aliphatic carbocycles. The van der Waals surface area contributed by atoms with Crippen molar-refractivity contribution in [3.05, 3.63) is 94.8 Å². The second kappa shape index (κ2) is 9.07. The van der Waals surface area contributed by atoms with Gasteiger partial charge in [-0.1, -0.05) is 23.7 Å². The Morgan fingerprint density at radius 2 is 1.52 bits per heavy atom. The Kier molecular flexibility index (Phi) is 6.51. The summed E-state index contributed by atoms with van der Waals surface area (Å²) in [5.74, 6) is -0.625. The maximum absolute atomic E-state index is 12.9. The molecule has 0 aliphatic rings. The minimum Gasteiger partial charge on any atom is -0.352 e. The molecule has 1 amide bonds. The summed E-state index contributed by atoms with van der Waals surface area (Å²) in [6.45, 7) is 0.378. The number of benzene rings is 3. The predicted octanol–water partition coefficient (Wildman–Crippen LogP) is 4.25. The molecule has 0 aromatic heterocycles. The normalized spacial score (nSPS) is 11.1. The summed E-state index contributed by atoms with van der Waals surface area (Å²) in [5, 5.41) is 3.26. The van der Waals surface area contributed by atoms with E-state index < -0.39 is 10.0 Å². The van der Waals surface area contributed by atoms with Crippen molar-refractivity contribution >= 4 is 33.2 Å². The zero-order valence-corrected chi connectivity index (χ0v) is 16.8. The van der Waals surface area contributed by atoms with Crippen LogP contribution in [0.1, 0.15) is 15.9 Å². The minimum absolute atomic E-state index is 0.0373. The summed E-state index contributed by atoms with van der Waals surface area (Å²) in [5.41, 5.74) is 1.63. The number of amides is 1. The molecule has 0 saturated carbocycles. The van der Waals surface area contributed by atoms with E-state index in [-0.39, 0.29) is 16.6 Å². The first-order chi connectivity index (χ1) is 13.8. The number of anilines is 1. The second-order valence-corrected chi connectivity index (χ2v) is 8.39. The molecule has 0 bridgehead atoms. The Morgan fingerprint density at radius 3 is 2.14 bits per heavy atom. The van der Waals surface area contributed by atoms with Crippen molar-refractivity contribution < 1.29 is 17.6 Å². The van der Waals surface area contributed by atoms with Gasteiger partial charge in [-0.25, -0.2) is 12.8 Å². The molecule has 0 radical (unpaired) electrons. The molecule has 5 nitrogen and oxygen atoms in total. The number of carbonyl (C=O) groups is 1. The lowest BCUT2D eigenvalue weighted by Crippen LogP contribution is -2.25. The molecule has 0 fully saturated rings. The molecule has 0 unspecified atom stereocenters. The van der Waals surface area contributed by atoms with E-state index in [1.807, 2.05) is 0 Å². The maximum Gasteiger partial charge on any atom is 0.261 e. The number of sulfonamides is 1. The summed E-state index contributed by atoms with van der Waals surface area (Å²) < 4.78 is 40.2. The van der Waals surface area contributed by atoms with E-state index in [1.54, 1.807) is 36.4 Å². The van der Waals surface area contributed by atoms with Gasteiger partial charge in [-0.3, -0.25) is 9.52 Å². The number of rotatable bonds is 7. The third-order valence-electron chi connectivity index (χ3n) is 4.14. The Balaban J connectivity index is 1.58. The Morgan fingerprint density at radius 1 is 0.897 bits per heavy atom. The van der Waals surface area contributed by atoms with Crippen LogP contribution in [-0.4, -0.2) is 20.9 Å². The SMILES string of the molecule is O=C(NCCc1ccc(F)cc1)c1ccc(S(=O)(=O)Nc2ccc(Cl)cc2)cc1. The standard InChI is InChI=1S/C21H18ClFN2O3S/c22-17-5-9-19(10-6-17)25-29(27,28)20-11-3-16(4-12-20)21(26)24-14-13-15-1-7-18(23)8-2-15/h1-12,25H,13-14H2,(H,24,26). The van der Waals surface area contributed by atoms with Crippen molar-refractivity contribution in [1.82, 2.24) is 5.32 Å². The molecule has 8 heteroatoms. The van der Waals surface area contributed by atoms with Gasteiger partial charge in [-0.2, -0.15) is 0 Å². The smallest absolute Gasteiger partial charge is 0.261 e. The largest absolute Gasteiger partial charge is 0.352 e. The maximum atomic E-state index is 12.9. The van der Waals surface area contributed by atoms with Crippen LogP contribution in [0.15, 0.2) is 77.7 Å². The average molecular weight is 433 g/mol. The summed E-state index contributed by atoms with van der Waals surface area (Å²) in [4.78, 5) is 12.3. The molecule has 3 rings (SSSR count). The first-order valence-electron chi connectivity index (χ1n) is 8.74. The Hall–Kier alpha value is -2.90. The van der Waals surface area contributed by atoms with Gasteiger partial charge in [-0.15, -0.1) is 0 Å². The zero-order valence-electron chi connectivity index (χ0n) is 15.2. The number of nitrogens with one attached hydrogen (secondary N) is 2. The number of hydrogen-bond acceptors (Lipinski definition) is 3. The monoisotopic (exact) mass is 432 g/mol. The fourth-order valence-corrected chi connectivity index (χ4v) is 3.78. The highest BCUT2D eigenvalue weighted by atomic mass is 35.5. The minimum atomic E-state index is -3.78. The van der Waals surface area contributed by atoms with Gasteiger partial charge in [0.15, 0.2) is 0 Å². The van der Waals surface area contributed by atoms with E-state index in [1.165, 1.54) is 36.4 Å². The van der Waals surface area contributed by atoms with Gasteiger partial charge in [0, 0.05) is 22.8 Å². The van der Waals surface area contributed by atoms with Crippen LogP contribution in [0.25, 0.3) is 0 Å². The summed E-state index contributed by atoms with van der Waals surface area (Å²) in [6, 6.07) is 18.0. The first-order valence-corrected chi connectivity index (χ1v) is 10.6. The van der Waals surface area contributed by atoms with Crippen LogP contribution >= 0.6 is 11.6 Å². The van der Waals surface area contributed by atoms with E-state index in [2.05, 4.69) is 10.0 Å². The van der Waals surface area contributed by atoms with Crippen LogP contribution in [0.5, 0.6) is 0 Å². The molecule has 0 atom stereocenters. The van der Waals surface area contributed by atoms with Gasteiger partial charge in [0.2, 0.25) is 0 Å². The Bertz CT molecular complexity index is 1080. The van der Waals surface area contributed by atoms with E-state index in [9.17, 15) is 17.6 Å². The van der Waals surface area contributed by atoms with Crippen LogP contribution in [-0.2, 0) is 16.4 Å². The Labute approximate surface area is 173 Å². The van der Waals surface area contributed by atoms with E-state index in [4.69, 9.17) is 11.6 Å². The molecule has 0 saturated heterocycles. The molecular formula is C21H18ClFN2O3S. The highest BCUT2D eigenvalue weighted by Gasteiger charge is 2.15. The van der Waals surface area contributed by atoms with Crippen molar-refractivity contribution in [2.45, 2.75) is 11.3 Å². The molecule has 150 valence electrons. The lowest BCUT2D eigenvalue weighted by atomic mass is 10.1. The summed E-state index contributed by atoms with van der Waals surface area (Å²) in [6.07, 6.45) is 0.559. The third kappa shape index (κ3) is 5.79. The van der Waals surface area contributed by atoms with Crippen molar-refractivity contribution in [1.29, 1.82) is 0 Å². The lowest BCUT2D eigenvalue weighted by molar-refractivity contribution is 0.0954. The third-order valence-corrected chi connectivity index (χ3v) is 5.78. The fraction of sp³-hybridized carbons (Fsp3) is 0.0952. The van der Waals surface area contributed by atoms with Crippen molar-refractivity contribution in [2.24, 2.45) is 0 Å². The molecule has 29 heavy (non-hydrogen) atoms. The molecule has 3 aromatic carbocycles. The first kappa shape index (κ1) is 20.8. The van der Waals surface area contributed by atoms with Gasteiger partial charge < -0.3 is 5.32 Å². The second-order valence-electron chi connectivity index (χ2n) is 6.27. The molecule has 3 aromatic rings. The lowest BCUT2D eigenvalue weighted by Gasteiger charge is -2.09. The van der Waals surface area contributed by atoms with Crippen LogP contribution in [0.4, 0.5) is 10.1 Å². The van der Waals surface area contributed by atoms with E-state index >= 15 is 0 Å². The van der Waals surface area contributed by atoms with E-state index in [0.717, 1.165) is 5.56 Å². The molecule has 0 aliphatic heterocycles. The van der Waals surface area contributed by atoms with Crippen LogP contribution in [0, 0.1) is 5.82 Å². The van der Waals surface area contributed by atoms with Gasteiger partial charge >= 0.3 is 0 Å². The van der Waals surface area contributed by atoms with Crippen LogP contribution in [0.3, 0.4) is 0 Å². The van der Waals surface area contributed by atoms with Gasteiger partial charge in [0.05, 0.1) is 4.90 Å². The fourth-order valence-electron chi connectivity index (χ4n) is 2.59. The molecule has 0 spiro atoms. The number of halogens is 2. The quantitative estimate of drug-likeness (QED) is 0.586. The zero-order chi connectivity index (χ0) is 20.9. The van der Waals surface area contributed by atoms with Gasteiger partial charge in [0.1, 0.15) is 5.82 Å². The number of carbonyl (C=O) groups excluding carboxylic acids is 1. The van der Waals surface area contributed by atoms with Crippen molar-refractivity contribution in [3.63, 3.8) is 0 Å². The highest BCUT2D eigenvalue weighted by Crippen LogP contribution is 2.19. The molecular weight excluding hydrogens is 415 g/mol. The highest BCUT2D eigenvalue weighted by molar-refractivity contribution is 7.92. The van der Waals surface area contributed by atoms with Crippen LogP contribution in [0.2, 0.25) is 5.02 Å². The summed E-state index contributed by atoms with van der Waals surface area (Å²) in [7, 11) is -3.78. The van der Waals surface area contributed by atoms with Crippen LogP contribution < -0.4 is 10.0 Å². The molecule has 2 N–H and O–H groups in total. The summed E-state index contributed by atoms with van der Waals surface area (Å²) >= 11 is 5.79.